The number of nitrogens with zero attached hydrogens (tertiary/aromatic N) is 8. The number of halogens is 2. The van der Waals surface area contributed by atoms with Crippen molar-refractivity contribution >= 4 is 50.2 Å². The number of imide groups is 1. The molecule has 3 aromatic carbocycles. The molecule has 4 saturated heterocycles. The molecular weight excluding hydrogens is 973 g/mol. The summed E-state index contributed by atoms with van der Waals surface area (Å²) in [4.78, 5) is 46.5. The van der Waals surface area contributed by atoms with Crippen LogP contribution in [-0.4, -0.2) is 137 Å². The lowest BCUT2D eigenvalue weighted by Crippen LogP contribution is -2.46. The highest BCUT2D eigenvalue weighted by Gasteiger charge is 2.46. The normalized spacial score (nSPS) is 21.9. The number of benzene rings is 3. The lowest BCUT2D eigenvalue weighted by Gasteiger charge is -2.39. The first kappa shape index (κ1) is 52.0. The van der Waals surface area contributed by atoms with E-state index in [1.165, 1.54) is 18.7 Å². The number of ether oxygens (including phenoxy) is 4. The Morgan fingerprint density at radius 3 is 2.39 bits per heavy atom. The number of amides is 2. The monoisotopic (exact) mass is 1040 g/mol. The van der Waals surface area contributed by atoms with Crippen LogP contribution < -0.4 is 24.4 Å². The molecule has 0 bridgehead atoms. The van der Waals surface area contributed by atoms with E-state index in [0.29, 0.717) is 90.6 Å². The molecule has 16 nitrogen and oxygen atoms in total. The number of nitrogens with one attached hydrogen (secondary N) is 1. The van der Waals surface area contributed by atoms with Crippen LogP contribution in [-0.2, 0) is 27.8 Å². The number of likely N-dealkylation sites (tertiary alicyclic amines) is 2. The molecule has 3 aromatic heterocycles. The highest BCUT2D eigenvalue weighted by Crippen LogP contribution is 2.48. The Hall–Kier alpha value is -6.08. The van der Waals surface area contributed by atoms with E-state index in [9.17, 15) is 14.7 Å². The van der Waals surface area contributed by atoms with Gasteiger partial charge in [0.1, 0.15) is 34.0 Å². The van der Waals surface area contributed by atoms with Crippen LogP contribution in [0.4, 0.5) is 14.6 Å². The number of rotatable bonds is 17. The van der Waals surface area contributed by atoms with Crippen molar-refractivity contribution < 1.29 is 42.4 Å². The van der Waals surface area contributed by atoms with E-state index in [2.05, 4.69) is 33.3 Å². The summed E-state index contributed by atoms with van der Waals surface area (Å²) in [5.41, 5.74) is 2.70. The third-order valence-electron chi connectivity index (χ3n) is 16.8. The number of methoxy groups -OCH3 is 1. The smallest absolute Gasteiger partial charge is 0.319 e. The number of carbonyl (C=O) groups excluding carboxylic acids is 2. The number of aryl methyl sites for hydroxylation is 2. The number of pyridine rings is 1. The lowest BCUT2D eigenvalue weighted by atomic mass is 9.86. The maximum atomic E-state index is 17.8. The summed E-state index contributed by atoms with van der Waals surface area (Å²) in [6.07, 6.45) is 8.87. The van der Waals surface area contributed by atoms with Gasteiger partial charge in [0.05, 0.1) is 35.9 Å². The molecule has 4 aliphatic heterocycles. The summed E-state index contributed by atoms with van der Waals surface area (Å²) >= 11 is 0. The second kappa shape index (κ2) is 21.4. The largest absolute Gasteiger partial charge is 0.477 e. The van der Waals surface area contributed by atoms with E-state index in [0.717, 1.165) is 94.4 Å². The zero-order valence-corrected chi connectivity index (χ0v) is 44.6. The Balaban J connectivity index is 0.781. The van der Waals surface area contributed by atoms with Crippen molar-refractivity contribution in [2.24, 2.45) is 18.4 Å². The molecule has 11 rings (SSSR count). The van der Waals surface area contributed by atoms with Gasteiger partial charge in [0.2, 0.25) is 17.7 Å². The molecule has 5 aliphatic rings. The molecular formula is C58H71F2N9O7. The fourth-order valence-electron chi connectivity index (χ4n) is 12.7. The van der Waals surface area contributed by atoms with Gasteiger partial charge in [-0.2, -0.15) is 15.1 Å². The fourth-order valence-corrected chi connectivity index (χ4v) is 12.7. The first-order chi connectivity index (χ1) is 36.7. The summed E-state index contributed by atoms with van der Waals surface area (Å²) in [5, 5.41) is 21.1. The van der Waals surface area contributed by atoms with E-state index in [1.54, 1.807) is 25.1 Å². The number of fused-ring (bicyclic) bond motifs is 3. The third-order valence-corrected chi connectivity index (χ3v) is 16.8. The molecule has 404 valence electrons. The van der Waals surface area contributed by atoms with Crippen LogP contribution in [0.3, 0.4) is 0 Å². The molecule has 0 radical (unpaired) electrons. The number of β-amino-alcohol motifs (C(OH)–C–C–N with tert-alkyl or cyclic N) is 1. The van der Waals surface area contributed by atoms with Crippen molar-refractivity contribution in [2.45, 2.75) is 109 Å². The molecule has 0 spiro atoms. The number of hydrogen-bond acceptors (Lipinski definition) is 14. The number of carbonyl (C=O) groups is 2. The van der Waals surface area contributed by atoms with E-state index in [-0.39, 0.29) is 65.7 Å². The predicted octanol–water partition coefficient (Wildman–Crippen LogP) is 8.58. The van der Waals surface area contributed by atoms with Gasteiger partial charge in [-0.25, -0.2) is 13.8 Å². The second-order valence-electron chi connectivity index (χ2n) is 22.4. The Morgan fingerprint density at radius 2 is 1.67 bits per heavy atom. The van der Waals surface area contributed by atoms with Crippen molar-refractivity contribution in [1.29, 1.82) is 0 Å². The summed E-state index contributed by atoms with van der Waals surface area (Å²) in [6.45, 7) is 13.0. The van der Waals surface area contributed by atoms with E-state index in [1.807, 2.05) is 30.5 Å². The number of piperidine rings is 4. The van der Waals surface area contributed by atoms with E-state index < -0.39 is 23.2 Å². The average molecular weight is 1040 g/mol. The fraction of sp³-hybridized carbons (Fsp3) is 0.552. The summed E-state index contributed by atoms with van der Waals surface area (Å²) in [5.74, 6) is -0.0917. The minimum atomic E-state index is -1.01. The first-order valence-electron chi connectivity index (χ1n) is 27.5. The van der Waals surface area contributed by atoms with E-state index in [4.69, 9.17) is 39.0 Å². The van der Waals surface area contributed by atoms with Crippen LogP contribution in [0.15, 0.2) is 42.5 Å². The second-order valence-corrected chi connectivity index (χ2v) is 22.4. The van der Waals surface area contributed by atoms with Crippen molar-refractivity contribution in [1.82, 2.24) is 39.8 Å². The Morgan fingerprint density at radius 1 is 0.882 bits per heavy atom. The van der Waals surface area contributed by atoms with Gasteiger partial charge in [-0.05, 0) is 156 Å². The van der Waals surface area contributed by atoms with Crippen molar-refractivity contribution in [2.75, 3.05) is 84.4 Å². The van der Waals surface area contributed by atoms with Crippen LogP contribution in [0.25, 0.3) is 43.8 Å². The van der Waals surface area contributed by atoms with Gasteiger partial charge >= 0.3 is 6.01 Å². The van der Waals surface area contributed by atoms with Crippen molar-refractivity contribution in [3.63, 3.8) is 0 Å². The SMILES string of the molecule is CCOc1nc(-c2cc(OCOC)cc3ccc(F)c(CC)c23)c(F)c2nc(OCC3(CN4CCC(CN5CCC(c6cccc7c(C8CCC(=O)NC8=O)nn(C)c67)CC5)CC4)CC3)nc(N3CCC[C@@](C)(O)C3)c12. The number of para-hydroxylation sites is 1. The summed E-state index contributed by atoms with van der Waals surface area (Å²) in [7, 11) is 3.48. The number of aliphatic hydroxyl groups is 1. The van der Waals surface area contributed by atoms with Gasteiger partial charge in [-0.1, -0.05) is 31.2 Å². The van der Waals surface area contributed by atoms with Gasteiger partial charge in [0.25, 0.3) is 0 Å². The molecule has 6 aromatic rings. The summed E-state index contributed by atoms with van der Waals surface area (Å²) in [6, 6.07) is 12.9. The van der Waals surface area contributed by atoms with Crippen molar-refractivity contribution in [3.8, 4) is 28.9 Å². The minimum absolute atomic E-state index is 0.0352. The van der Waals surface area contributed by atoms with Crippen LogP contribution >= 0.6 is 0 Å². The zero-order chi connectivity index (χ0) is 52.9. The molecule has 1 unspecified atom stereocenters. The van der Waals surface area contributed by atoms with Gasteiger partial charge in [0.15, 0.2) is 12.6 Å². The van der Waals surface area contributed by atoms with E-state index >= 15 is 8.78 Å². The van der Waals surface area contributed by atoms with Gasteiger partial charge < -0.3 is 38.8 Å². The molecule has 76 heavy (non-hydrogen) atoms. The Kier molecular flexibility index (Phi) is 14.6. The average Bonchev–Trinajstić information content (AvgIpc) is 4.10. The Bertz CT molecular complexity index is 3170. The number of aromatic nitrogens is 5. The van der Waals surface area contributed by atoms with Crippen LogP contribution in [0.5, 0.6) is 17.6 Å². The zero-order valence-electron chi connectivity index (χ0n) is 44.6. The number of hydrogen-bond donors (Lipinski definition) is 2. The van der Waals surface area contributed by atoms with Gasteiger partial charge in [-0.15, -0.1) is 0 Å². The van der Waals surface area contributed by atoms with Crippen LogP contribution in [0.2, 0.25) is 0 Å². The Labute approximate surface area is 442 Å². The highest BCUT2D eigenvalue weighted by atomic mass is 19.1. The summed E-state index contributed by atoms with van der Waals surface area (Å²) < 4.78 is 59.2. The molecule has 7 heterocycles. The third kappa shape index (κ3) is 10.4. The van der Waals surface area contributed by atoms with Crippen molar-refractivity contribution in [3.05, 3.63) is 70.9 Å². The minimum Gasteiger partial charge on any atom is -0.477 e. The van der Waals surface area contributed by atoms with Crippen LogP contribution in [0.1, 0.15) is 114 Å². The standard InChI is InChI=1S/C58H71F2N9O7/c1-6-39-44(59)14-12-37-28-38(76-34-73-5)29-43(46(37)39)50-48(60)51-47(55(62-50)74-7-2)53(69-23-9-20-57(3,72)31-69)64-56(63-51)75-33-58(21-22-58)32-68-24-16-35(17-25-68)30-67-26-18-36(19-27-67)40-10-8-11-41-49(65-66(4)52(40)41)42-13-15-45(70)61-54(42)71/h8,10-12,14,28-29,35-36,42,72H,6-7,9,13,15-27,30-34H2,1-5H3,(H,61,70,71)/t42?,57-/m1/s1. The topological polar surface area (TPSA) is 170 Å². The molecule has 18 heteroatoms. The molecule has 5 fully saturated rings. The van der Waals surface area contributed by atoms with Gasteiger partial charge in [-0.3, -0.25) is 19.6 Å². The van der Waals surface area contributed by atoms with Gasteiger partial charge in [0, 0.05) is 63.1 Å². The quantitative estimate of drug-likeness (QED) is 0.0658. The molecule has 1 aliphatic carbocycles. The lowest BCUT2D eigenvalue weighted by molar-refractivity contribution is -0.134. The molecule has 2 N–H and O–H groups in total. The molecule has 1 saturated carbocycles. The maximum absolute atomic E-state index is 17.8. The maximum Gasteiger partial charge on any atom is 0.319 e. The predicted molar refractivity (Wildman–Crippen MR) is 286 cm³/mol. The first-order valence-corrected chi connectivity index (χ1v) is 27.5. The van der Waals surface area contributed by atoms with Crippen LogP contribution in [0, 0.1) is 23.0 Å². The molecule has 2 amide bonds. The molecule has 2 atom stereocenters. The highest BCUT2D eigenvalue weighted by molar-refractivity contribution is 6.04. The number of anilines is 1.